The van der Waals surface area contributed by atoms with Crippen LogP contribution in [0.25, 0.3) is 0 Å². The van der Waals surface area contributed by atoms with Gasteiger partial charge in [-0.25, -0.2) is 0 Å². The monoisotopic (exact) mass is 268 g/mol. The maximum absolute atomic E-state index is 4.28. The molecule has 19 heavy (non-hydrogen) atoms. The molecule has 1 heterocycles. The summed E-state index contributed by atoms with van der Waals surface area (Å²) in [6.45, 7) is 13.6. The highest BCUT2D eigenvalue weighted by atomic mass is 15.2. The second kappa shape index (κ2) is 8.41. The number of hydrogen-bond donors (Lipinski definition) is 2. The Hall–Kier alpha value is -0.770. The second-order valence-electron chi connectivity index (χ2n) is 6.22. The van der Waals surface area contributed by atoms with Gasteiger partial charge < -0.3 is 15.5 Å². The molecule has 0 spiro atoms. The standard InChI is InChI=1S/C15H32N4/c1-12(2)14(4)18-15(16-5)17-8-10-19-9-6-7-13(3)11-19/h12-14H,6-11H2,1-5H3,(H2,16,17,18). The van der Waals surface area contributed by atoms with Crippen molar-refractivity contribution in [1.82, 2.24) is 15.5 Å². The van der Waals surface area contributed by atoms with Gasteiger partial charge in [-0.3, -0.25) is 4.99 Å². The zero-order valence-electron chi connectivity index (χ0n) is 13.4. The molecule has 1 saturated heterocycles. The molecule has 1 aliphatic rings. The molecule has 1 rings (SSSR count). The summed E-state index contributed by atoms with van der Waals surface area (Å²) in [5.74, 6) is 2.39. The Morgan fingerprint density at radius 2 is 2.11 bits per heavy atom. The van der Waals surface area contributed by atoms with Crippen LogP contribution < -0.4 is 10.6 Å². The predicted octanol–water partition coefficient (Wildman–Crippen LogP) is 1.93. The van der Waals surface area contributed by atoms with Gasteiger partial charge in [-0.15, -0.1) is 0 Å². The summed E-state index contributed by atoms with van der Waals surface area (Å²) in [5, 5.41) is 6.85. The Morgan fingerprint density at radius 1 is 1.37 bits per heavy atom. The van der Waals surface area contributed by atoms with Crippen molar-refractivity contribution in [1.29, 1.82) is 0 Å². The molecule has 0 amide bonds. The normalized spacial score (nSPS) is 23.5. The Bertz CT molecular complexity index is 275. The van der Waals surface area contributed by atoms with E-state index in [9.17, 15) is 0 Å². The zero-order chi connectivity index (χ0) is 14.3. The molecule has 1 fully saturated rings. The summed E-state index contributed by atoms with van der Waals surface area (Å²) >= 11 is 0. The lowest BCUT2D eigenvalue weighted by atomic mass is 10.0. The summed E-state index contributed by atoms with van der Waals surface area (Å²) < 4.78 is 0. The number of likely N-dealkylation sites (tertiary alicyclic amines) is 1. The average molecular weight is 268 g/mol. The Balaban J connectivity index is 2.22. The highest BCUT2D eigenvalue weighted by Crippen LogP contribution is 2.14. The van der Waals surface area contributed by atoms with Crippen molar-refractivity contribution in [3.8, 4) is 0 Å². The van der Waals surface area contributed by atoms with Crippen LogP contribution in [0.4, 0.5) is 0 Å². The number of guanidine groups is 1. The van der Waals surface area contributed by atoms with Gasteiger partial charge in [0.2, 0.25) is 0 Å². The van der Waals surface area contributed by atoms with E-state index in [2.05, 4.69) is 48.2 Å². The molecule has 0 aliphatic carbocycles. The van der Waals surface area contributed by atoms with Crippen molar-refractivity contribution < 1.29 is 0 Å². The molecule has 0 aromatic heterocycles. The Labute approximate surface area is 119 Å². The number of aliphatic imine (C=N–C) groups is 1. The fourth-order valence-corrected chi connectivity index (χ4v) is 2.40. The molecule has 2 N–H and O–H groups in total. The third-order valence-corrected chi connectivity index (χ3v) is 4.05. The van der Waals surface area contributed by atoms with Crippen molar-refractivity contribution in [2.75, 3.05) is 33.2 Å². The van der Waals surface area contributed by atoms with Crippen molar-refractivity contribution in [2.45, 2.75) is 46.6 Å². The SMILES string of the molecule is CN=C(NCCN1CCCC(C)C1)NC(C)C(C)C. The first-order chi connectivity index (χ1) is 9.02. The number of piperidine rings is 1. The number of hydrogen-bond acceptors (Lipinski definition) is 2. The van der Waals surface area contributed by atoms with Gasteiger partial charge in [-0.1, -0.05) is 20.8 Å². The van der Waals surface area contributed by atoms with Crippen LogP contribution in [-0.2, 0) is 0 Å². The van der Waals surface area contributed by atoms with Crippen LogP contribution in [-0.4, -0.2) is 50.1 Å². The van der Waals surface area contributed by atoms with Gasteiger partial charge in [0.15, 0.2) is 5.96 Å². The molecule has 4 heteroatoms. The van der Waals surface area contributed by atoms with E-state index in [-0.39, 0.29) is 0 Å². The van der Waals surface area contributed by atoms with E-state index in [1.165, 1.54) is 25.9 Å². The minimum Gasteiger partial charge on any atom is -0.355 e. The van der Waals surface area contributed by atoms with E-state index in [1.54, 1.807) is 0 Å². The molecule has 4 nitrogen and oxygen atoms in total. The van der Waals surface area contributed by atoms with E-state index in [0.717, 1.165) is 25.0 Å². The van der Waals surface area contributed by atoms with E-state index in [1.807, 2.05) is 7.05 Å². The summed E-state index contributed by atoms with van der Waals surface area (Å²) in [7, 11) is 1.84. The van der Waals surface area contributed by atoms with Crippen molar-refractivity contribution in [3.63, 3.8) is 0 Å². The molecule has 112 valence electrons. The lowest BCUT2D eigenvalue weighted by Crippen LogP contribution is -2.47. The Morgan fingerprint density at radius 3 is 2.68 bits per heavy atom. The molecule has 2 unspecified atom stereocenters. The molecule has 2 atom stereocenters. The largest absolute Gasteiger partial charge is 0.355 e. The lowest BCUT2D eigenvalue weighted by Gasteiger charge is -2.31. The number of nitrogens with one attached hydrogen (secondary N) is 2. The maximum Gasteiger partial charge on any atom is 0.191 e. The summed E-state index contributed by atoms with van der Waals surface area (Å²) in [6, 6.07) is 0.446. The molecule has 0 aromatic rings. The Kier molecular flexibility index (Phi) is 7.21. The zero-order valence-corrected chi connectivity index (χ0v) is 13.4. The van der Waals surface area contributed by atoms with Gasteiger partial charge in [0.1, 0.15) is 0 Å². The van der Waals surface area contributed by atoms with Crippen LogP contribution in [0.1, 0.15) is 40.5 Å². The smallest absolute Gasteiger partial charge is 0.191 e. The molecular weight excluding hydrogens is 236 g/mol. The van der Waals surface area contributed by atoms with Gasteiger partial charge in [0, 0.05) is 32.7 Å². The van der Waals surface area contributed by atoms with Crippen molar-refractivity contribution in [3.05, 3.63) is 0 Å². The molecular formula is C15H32N4. The van der Waals surface area contributed by atoms with Crippen LogP contribution in [0, 0.1) is 11.8 Å². The maximum atomic E-state index is 4.28. The van der Waals surface area contributed by atoms with Crippen LogP contribution in [0.3, 0.4) is 0 Å². The third-order valence-electron chi connectivity index (χ3n) is 4.05. The van der Waals surface area contributed by atoms with Gasteiger partial charge in [0.25, 0.3) is 0 Å². The highest BCUT2D eigenvalue weighted by molar-refractivity contribution is 5.79. The third kappa shape index (κ3) is 6.28. The second-order valence-corrected chi connectivity index (χ2v) is 6.22. The molecule has 0 bridgehead atoms. The van der Waals surface area contributed by atoms with Gasteiger partial charge in [0.05, 0.1) is 0 Å². The molecule has 0 radical (unpaired) electrons. The molecule has 1 aliphatic heterocycles. The van der Waals surface area contributed by atoms with E-state index in [4.69, 9.17) is 0 Å². The average Bonchev–Trinajstić information content (AvgIpc) is 2.37. The minimum atomic E-state index is 0.446. The van der Waals surface area contributed by atoms with Gasteiger partial charge in [-0.05, 0) is 38.1 Å². The molecule has 0 aromatic carbocycles. The fraction of sp³-hybridized carbons (Fsp3) is 0.933. The van der Waals surface area contributed by atoms with Crippen LogP contribution >= 0.6 is 0 Å². The molecule has 0 saturated carbocycles. The summed E-state index contributed by atoms with van der Waals surface area (Å²) in [6.07, 6.45) is 2.73. The lowest BCUT2D eigenvalue weighted by molar-refractivity contribution is 0.186. The summed E-state index contributed by atoms with van der Waals surface area (Å²) in [4.78, 5) is 6.84. The van der Waals surface area contributed by atoms with Gasteiger partial charge in [-0.2, -0.15) is 0 Å². The quantitative estimate of drug-likeness (QED) is 0.591. The first-order valence-electron chi connectivity index (χ1n) is 7.72. The summed E-state index contributed by atoms with van der Waals surface area (Å²) in [5.41, 5.74) is 0. The number of nitrogens with zero attached hydrogens (tertiary/aromatic N) is 2. The minimum absolute atomic E-state index is 0.446. The highest BCUT2D eigenvalue weighted by Gasteiger charge is 2.15. The van der Waals surface area contributed by atoms with Crippen molar-refractivity contribution >= 4 is 5.96 Å². The van der Waals surface area contributed by atoms with E-state index >= 15 is 0 Å². The van der Waals surface area contributed by atoms with Crippen LogP contribution in [0.2, 0.25) is 0 Å². The first kappa shape index (κ1) is 16.3. The predicted molar refractivity (Wildman–Crippen MR) is 83.6 cm³/mol. The van der Waals surface area contributed by atoms with E-state index < -0.39 is 0 Å². The van der Waals surface area contributed by atoms with Crippen LogP contribution in [0.5, 0.6) is 0 Å². The topological polar surface area (TPSA) is 39.7 Å². The first-order valence-corrected chi connectivity index (χ1v) is 7.72. The van der Waals surface area contributed by atoms with Crippen LogP contribution in [0.15, 0.2) is 4.99 Å². The van der Waals surface area contributed by atoms with E-state index in [0.29, 0.717) is 12.0 Å². The number of rotatable bonds is 5. The van der Waals surface area contributed by atoms with Gasteiger partial charge >= 0.3 is 0 Å². The fourth-order valence-electron chi connectivity index (χ4n) is 2.40. The van der Waals surface area contributed by atoms with Crippen molar-refractivity contribution in [2.24, 2.45) is 16.8 Å².